The molecule has 17 heavy (non-hydrogen) atoms. The van der Waals surface area contributed by atoms with Gasteiger partial charge in [-0.2, -0.15) is 0 Å². The quantitative estimate of drug-likeness (QED) is 0.847. The Morgan fingerprint density at radius 3 is 2.94 bits per heavy atom. The lowest BCUT2D eigenvalue weighted by Crippen LogP contribution is -2.00. The van der Waals surface area contributed by atoms with Gasteiger partial charge in [0.15, 0.2) is 0 Å². The Balaban J connectivity index is 2.12. The fraction of sp³-hybridized carbons (Fsp3) is 0.0833. The molecule has 1 heterocycles. The predicted molar refractivity (Wildman–Crippen MR) is 72.4 cm³/mol. The molecule has 1 aromatic heterocycles. The van der Waals surface area contributed by atoms with Crippen molar-refractivity contribution in [2.45, 2.75) is 6.54 Å². The third-order valence-corrected chi connectivity index (χ3v) is 3.14. The second kappa shape index (κ2) is 5.38. The Bertz CT molecular complexity index is 534. The van der Waals surface area contributed by atoms with Gasteiger partial charge < -0.3 is 10.4 Å². The zero-order chi connectivity index (χ0) is 12.3. The van der Waals surface area contributed by atoms with E-state index in [0.29, 0.717) is 11.6 Å². The average Bonchev–Trinajstić information content (AvgIpc) is 2.32. The fourth-order valence-electron chi connectivity index (χ4n) is 1.40. The normalized spacial score (nSPS) is 10.2. The molecule has 0 aliphatic heterocycles. The summed E-state index contributed by atoms with van der Waals surface area (Å²) >= 11 is 9.21. The number of phenolic OH excluding ortho intramolecular Hbond substituents is 1. The number of halogens is 2. The first-order valence-corrected chi connectivity index (χ1v) is 6.15. The third-order valence-electron chi connectivity index (χ3n) is 2.27. The summed E-state index contributed by atoms with van der Waals surface area (Å²) in [5, 5.41) is 13.4. The summed E-state index contributed by atoms with van der Waals surface area (Å²) in [7, 11) is 0. The van der Waals surface area contributed by atoms with E-state index in [4.69, 9.17) is 11.6 Å². The number of aromatic nitrogens is 1. The monoisotopic (exact) mass is 312 g/mol. The number of pyridine rings is 1. The second-order valence-corrected chi connectivity index (χ2v) is 4.66. The van der Waals surface area contributed by atoms with E-state index in [1.165, 1.54) is 0 Å². The van der Waals surface area contributed by atoms with Crippen LogP contribution in [0.15, 0.2) is 41.1 Å². The summed E-state index contributed by atoms with van der Waals surface area (Å²) in [6.07, 6.45) is 1.70. The van der Waals surface area contributed by atoms with Crippen LogP contribution in [0, 0.1) is 0 Å². The number of rotatable bonds is 3. The minimum absolute atomic E-state index is 0.224. The summed E-state index contributed by atoms with van der Waals surface area (Å²) in [6, 6.07) is 8.70. The van der Waals surface area contributed by atoms with E-state index >= 15 is 0 Å². The number of nitrogens with zero attached hydrogens (tertiary/aromatic N) is 1. The van der Waals surface area contributed by atoms with E-state index in [0.717, 1.165) is 15.9 Å². The number of hydrogen-bond donors (Lipinski definition) is 2. The van der Waals surface area contributed by atoms with E-state index < -0.39 is 0 Å². The lowest BCUT2D eigenvalue weighted by atomic mass is 10.2. The Kier molecular flexibility index (Phi) is 3.86. The van der Waals surface area contributed by atoms with Gasteiger partial charge in [-0.15, -0.1) is 0 Å². The molecule has 0 spiro atoms. The van der Waals surface area contributed by atoms with Crippen molar-refractivity contribution in [2.75, 3.05) is 5.32 Å². The van der Waals surface area contributed by atoms with Crippen molar-refractivity contribution in [3.05, 3.63) is 51.7 Å². The number of aromatic hydroxyl groups is 1. The summed E-state index contributed by atoms with van der Waals surface area (Å²) in [5.74, 6) is 0.224. The van der Waals surface area contributed by atoms with Crippen molar-refractivity contribution in [3.8, 4) is 5.75 Å². The van der Waals surface area contributed by atoms with E-state index in [2.05, 4.69) is 26.2 Å². The van der Waals surface area contributed by atoms with E-state index in [9.17, 15) is 5.11 Å². The van der Waals surface area contributed by atoms with Crippen molar-refractivity contribution in [1.82, 2.24) is 4.98 Å². The van der Waals surface area contributed by atoms with Gasteiger partial charge in [-0.25, -0.2) is 4.98 Å². The molecule has 0 radical (unpaired) electrons. The van der Waals surface area contributed by atoms with Gasteiger partial charge in [0.2, 0.25) is 0 Å². The SMILES string of the molecule is Oc1ccc(Cl)cc1CNc1cccnc1Br. The van der Waals surface area contributed by atoms with Gasteiger partial charge in [-0.1, -0.05) is 11.6 Å². The Morgan fingerprint density at radius 1 is 1.35 bits per heavy atom. The molecule has 3 nitrogen and oxygen atoms in total. The Hall–Kier alpha value is -1.26. The van der Waals surface area contributed by atoms with Crippen LogP contribution in [0.2, 0.25) is 5.02 Å². The van der Waals surface area contributed by atoms with Gasteiger partial charge in [0.25, 0.3) is 0 Å². The van der Waals surface area contributed by atoms with Crippen molar-refractivity contribution in [2.24, 2.45) is 0 Å². The number of benzene rings is 1. The lowest BCUT2D eigenvalue weighted by molar-refractivity contribution is 0.469. The highest BCUT2D eigenvalue weighted by Crippen LogP contribution is 2.24. The molecule has 2 N–H and O–H groups in total. The Morgan fingerprint density at radius 2 is 2.18 bits per heavy atom. The van der Waals surface area contributed by atoms with Crippen molar-refractivity contribution in [1.29, 1.82) is 0 Å². The second-order valence-electron chi connectivity index (χ2n) is 3.47. The van der Waals surface area contributed by atoms with Crippen molar-refractivity contribution < 1.29 is 5.11 Å². The molecule has 0 saturated carbocycles. The maximum Gasteiger partial charge on any atom is 0.129 e. The molecule has 0 aliphatic carbocycles. The van der Waals surface area contributed by atoms with Crippen molar-refractivity contribution in [3.63, 3.8) is 0 Å². The summed E-state index contributed by atoms with van der Waals surface area (Å²) in [6.45, 7) is 0.483. The molecule has 1 aromatic carbocycles. The first kappa shape index (κ1) is 12.2. The third kappa shape index (κ3) is 3.11. The smallest absolute Gasteiger partial charge is 0.129 e. The molecule has 2 aromatic rings. The Labute approximate surface area is 113 Å². The standard InChI is InChI=1S/C12H10BrClN2O/c13-12-10(2-1-5-15-12)16-7-8-6-9(14)3-4-11(8)17/h1-6,16-17H,7H2. The van der Waals surface area contributed by atoms with Crippen LogP contribution in [-0.2, 0) is 6.54 Å². The average molecular weight is 314 g/mol. The van der Waals surface area contributed by atoms with E-state index in [1.807, 2.05) is 12.1 Å². The lowest BCUT2D eigenvalue weighted by Gasteiger charge is -2.09. The first-order chi connectivity index (χ1) is 8.16. The van der Waals surface area contributed by atoms with Gasteiger partial charge in [-0.05, 0) is 46.3 Å². The van der Waals surface area contributed by atoms with Gasteiger partial charge in [0, 0.05) is 23.3 Å². The number of nitrogens with one attached hydrogen (secondary N) is 1. The minimum atomic E-state index is 0.224. The molecule has 0 saturated heterocycles. The summed E-state index contributed by atoms with van der Waals surface area (Å²) < 4.78 is 0.738. The zero-order valence-electron chi connectivity index (χ0n) is 8.82. The van der Waals surface area contributed by atoms with Gasteiger partial charge in [-0.3, -0.25) is 0 Å². The van der Waals surface area contributed by atoms with Crippen LogP contribution in [0.5, 0.6) is 5.75 Å². The summed E-state index contributed by atoms with van der Waals surface area (Å²) in [5.41, 5.74) is 1.61. The number of anilines is 1. The van der Waals surface area contributed by atoms with Crippen molar-refractivity contribution >= 4 is 33.2 Å². The molecule has 0 unspecified atom stereocenters. The highest BCUT2D eigenvalue weighted by atomic mass is 79.9. The van der Waals surface area contributed by atoms with E-state index in [-0.39, 0.29) is 5.75 Å². The van der Waals surface area contributed by atoms with Gasteiger partial charge >= 0.3 is 0 Å². The van der Waals surface area contributed by atoms with Crippen LogP contribution in [-0.4, -0.2) is 10.1 Å². The van der Waals surface area contributed by atoms with Crippen LogP contribution in [0.1, 0.15) is 5.56 Å². The van der Waals surface area contributed by atoms with E-state index in [1.54, 1.807) is 24.4 Å². The molecule has 88 valence electrons. The molecule has 5 heteroatoms. The molecule has 0 amide bonds. The maximum absolute atomic E-state index is 9.66. The zero-order valence-corrected chi connectivity index (χ0v) is 11.2. The summed E-state index contributed by atoms with van der Waals surface area (Å²) in [4.78, 5) is 4.10. The molecular weight excluding hydrogens is 304 g/mol. The first-order valence-electron chi connectivity index (χ1n) is 4.98. The maximum atomic E-state index is 9.66. The molecule has 0 aliphatic rings. The molecular formula is C12H10BrClN2O. The number of hydrogen-bond acceptors (Lipinski definition) is 3. The van der Waals surface area contributed by atoms with Crippen LogP contribution in [0.25, 0.3) is 0 Å². The van der Waals surface area contributed by atoms with Crippen LogP contribution in [0.3, 0.4) is 0 Å². The molecule has 2 rings (SSSR count). The molecule has 0 bridgehead atoms. The van der Waals surface area contributed by atoms with Crippen LogP contribution >= 0.6 is 27.5 Å². The topological polar surface area (TPSA) is 45.1 Å². The largest absolute Gasteiger partial charge is 0.508 e. The van der Waals surface area contributed by atoms with Gasteiger partial charge in [0.05, 0.1) is 5.69 Å². The van der Waals surface area contributed by atoms with Gasteiger partial charge in [0.1, 0.15) is 10.4 Å². The van der Waals surface area contributed by atoms with Crippen LogP contribution < -0.4 is 5.32 Å². The molecule has 0 fully saturated rings. The minimum Gasteiger partial charge on any atom is -0.508 e. The molecule has 0 atom stereocenters. The number of phenols is 1. The predicted octanol–water partition coefficient (Wildman–Crippen LogP) is 3.82. The highest BCUT2D eigenvalue weighted by molar-refractivity contribution is 9.10. The van der Waals surface area contributed by atoms with Crippen LogP contribution in [0.4, 0.5) is 5.69 Å². The highest BCUT2D eigenvalue weighted by Gasteiger charge is 2.04. The fourth-order valence-corrected chi connectivity index (χ4v) is 1.99.